The van der Waals surface area contributed by atoms with Gasteiger partial charge < -0.3 is 19.5 Å². The normalized spacial score (nSPS) is 19.0. The first-order valence-corrected chi connectivity index (χ1v) is 10.6. The van der Waals surface area contributed by atoms with Gasteiger partial charge in [-0.25, -0.2) is 4.99 Å². The predicted octanol–water partition coefficient (Wildman–Crippen LogP) is 2.42. The molecule has 0 unspecified atom stereocenters. The summed E-state index contributed by atoms with van der Waals surface area (Å²) in [4.78, 5) is 23.2. The maximum Gasteiger partial charge on any atom is 0.243 e. The predicted molar refractivity (Wildman–Crippen MR) is 127 cm³/mol. The number of nitrogens with zero attached hydrogens (tertiary/aromatic N) is 4. The number of hydrogen-bond donors (Lipinski definition) is 1. The molecule has 1 aromatic rings. The molecule has 1 aliphatic carbocycles. The Balaban J connectivity index is 0.00000300. The highest BCUT2D eigenvalue weighted by atomic mass is 127. The Morgan fingerprint density at radius 3 is 2.55 bits per heavy atom. The van der Waals surface area contributed by atoms with Gasteiger partial charge in [-0.15, -0.1) is 24.0 Å². The van der Waals surface area contributed by atoms with Gasteiger partial charge in [0.1, 0.15) is 12.3 Å². The minimum Gasteiger partial charge on any atom is -0.469 e. The van der Waals surface area contributed by atoms with Gasteiger partial charge in [-0.2, -0.15) is 0 Å². The lowest BCUT2D eigenvalue weighted by Crippen LogP contribution is -2.55. The third kappa shape index (κ3) is 7.47. The highest BCUT2D eigenvalue weighted by molar-refractivity contribution is 14.0. The van der Waals surface area contributed by atoms with Crippen molar-refractivity contribution in [2.24, 2.45) is 4.99 Å². The Bertz CT molecular complexity index is 621. The second kappa shape index (κ2) is 12.4. The molecule has 7 nitrogen and oxygen atoms in total. The number of amides is 1. The molecule has 2 heterocycles. The van der Waals surface area contributed by atoms with E-state index in [0.29, 0.717) is 0 Å². The largest absolute Gasteiger partial charge is 0.469 e. The number of guanidine groups is 1. The molecule has 164 valence electrons. The molecule has 29 heavy (non-hydrogen) atoms. The van der Waals surface area contributed by atoms with E-state index in [1.165, 1.54) is 32.1 Å². The summed E-state index contributed by atoms with van der Waals surface area (Å²) in [5, 5.41) is 3.44. The fraction of sp³-hybridized carbons (Fsp3) is 0.714. The van der Waals surface area contributed by atoms with Crippen LogP contribution in [0.4, 0.5) is 0 Å². The molecule has 1 N–H and O–H groups in total. The highest BCUT2D eigenvalue weighted by Crippen LogP contribution is 2.23. The SMILES string of the molecule is CN(C)C(=O)CN=C(NCCc1ccco1)N1CCN(C2CCCCC2)CC1.I. The number of rotatable bonds is 6. The standard InChI is InChI=1S/C21H35N5O2.HI/c1-24(2)20(27)17-23-21(22-11-10-19-9-6-16-28-19)26-14-12-25(13-15-26)18-7-4-3-5-8-18;/h6,9,16,18H,3-5,7-8,10-15,17H2,1-2H3,(H,22,23);1H. The minimum absolute atomic E-state index is 0. The molecule has 1 saturated carbocycles. The van der Waals surface area contributed by atoms with Crippen LogP contribution in [0, 0.1) is 0 Å². The van der Waals surface area contributed by atoms with Gasteiger partial charge in [0.2, 0.25) is 5.91 Å². The summed E-state index contributed by atoms with van der Waals surface area (Å²) in [6.45, 7) is 4.99. The van der Waals surface area contributed by atoms with Gasteiger partial charge in [0.25, 0.3) is 0 Å². The summed E-state index contributed by atoms with van der Waals surface area (Å²) in [5.41, 5.74) is 0. The monoisotopic (exact) mass is 517 g/mol. The third-order valence-electron chi connectivity index (χ3n) is 5.80. The smallest absolute Gasteiger partial charge is 0.243 e. The molecular formula is C21H36IN5O2. The van der Waals surface area contributed by atoms with Gasteiger partial charge >= 0.3 is 0 Å². The van der Waals surface area contributed by atoms with Crippen LogP contribution in [0.3, 0.4) is 0 Å². The average Bonchev–Trinajstić information content (AvgIpc) is 3.24. The molecule has 0 atom stereocenters. The van der Waals surface area contributed by atoms with Crippen LogP contribution in [0.2, 0.25) is 0 Å². The molecule has 1 amide bonds. The number of halogens is 1. The van der Waals surface area contributed by atoms with Crippen molar-refractivity contribution in [2.45, 2.75) is 44.6 Å². The van der Waals surface area contributed by atoms with Crippen molar-refractivity contribution in [1.82, 2.24) is 20.0 Å². The number of likely N-dealkylation sites (N-methyl/N-ethyl adjacent to an activating group) is 1. The molecule has 1 saturated heterocycles. The van der Waals surface area contributed by atoms with Gasteiger partial charge in [0, 0.05) is 59.3 Å². The van der Waals surface area contributed by atoms with Crippen LogP contribution in [-0.2, 0) is 11.2 Å². The molecule has 0 bridgehead atoms. The Morgan fingerprint density at radius 2 is 1.93 bits per heavy atom. The van der Waals surface area contributed by atoms with E-state index < -0.39 is 0 Å². The molecule has 8 heteroatoms. The first-order valence-electron chi connectivity index (χ1n) is 10.6. The van der Waals surface area contributed by atoms with Crippen molar-refractivity contribution in [2.75, 3.05) is 53.4 Å². The number of carbonyl (C=O) groups excluding carboxylic acids is 1. The fourth-order valence-electron chi connectivity index (χ4n) is 4.05. The number of carbonyl (C=O) groups is 1. The van der Waals surface area contributed by atoms with E-state index >= 15 is 0 Å². The number of nitrogens with one attached hydrogen (secondary N) is 1. The van der Waals surface area contributed by atoms with Gasteiger partial charge in [-0.05, 0) is 25.0 Å². The molecule has 0 aromatic carbocycles. The van der Waals surface area contributed by atoms with Crippen LogP contribution in [0.5, 0.6) is 0 Å². The van der Waals surface area contributed by atoms with E-state index in [1.54, 1.807) is 25.3 Å². The van der Waals surface area contributed by atoms with Crippen LogP contribution in [0.15, 0.2) is 27.8 Å². The van der Waals surface area contributed by atoms with Crippen molar-refractivity contribution in [3.05, 3.63) is 24.2 Å². The highest BCUT2D eigenvalue weighted by Gasteiger charge is 2.26. The summed E-state index contributed by atoms with van der Waals surface area (Å²) in [7, 11) is 3.54. The van der Waals surface area contributed by atoms with E-state index in [-0.39, 0.29) is 36.4 Å². The molecule has 2 aliphatic rings. The quantitative estimate of drug-likeness (QED) is 0.357. The summed E-state index contributed by atoms with van der Waals surface area (Å²) < 4.78 is 5.41. The van der Waals surface area contributed by atoms with Crippen LogP contribution in [0.25, 0.3) is 0 Å². The Hall–Kier alpha value is -1.29. The van der Waals surface area contributed by atoms with E-state index in [2.05, 4.69) is 20.1 Å². The third-order valence-corrected chi connectivity index (χ3v) is 5.80. The number of furan rings is 1. The summed E-state index contributed by atoms with van der Waals surface area (Å²) in [6.07, 6.45) is 9.34. The lowest BCUT2D eigenvalue weighted by molar-refractivity contribution is -0.127. The lowest BCUT2D eigenvalue weighted by atomic mass is 9.94. The van der Waals surface area contributed by atoms with Gasteiger partial charge in [0.15, 0.2) is 5.96 Å². The molecule has 0 radical (unpaired) electrons. The number of piperazine rings is 1. The summed E-state index contributed by atoms with van der Waals surface area (Å²) in [6, 6.07) is 4.65. The van der Waals surface area contributed by atoms with Crippen molar-refractivity contribution < 1.29 is 9.21 Å². The first-order chi connectivity index (χ1) is 13.6. The minimum atomic E-state index is 0. The van der Waals surface area contributed by atoms with Crippen molar-refractivity contribution in [3.63, 3.8) is 0 Å². The van der Waals surface area contributed by atoms with Gasteiger partial charge in [-0.1, -0.05) is 19.3 Å². The van der Waals surface area contributed by atoms with Crippen molar-refractivity contribution >= 4 is 35.8 Å². The van der Waals surface area contributed by atoms with Crippen molar-refractivity contribution in [1.29, 1.82) is 0 Å². The Labute approximate surface area is 191 Å². The lowest BCUT2D eigenvalue weighted by Gasteiger charge is -2.41. The second-order valence-electron chi connectivity index (χ2n) is 8.00. The summed E-state index contributed by atoms with van der Waals surface area (Å²) >= 11 is 0. The second-order valence-corrected chi connectivity index (χ2v) is 8.00. The maximum absolute atomic E-state index is 12.0. The Kier molecular flexibility index (Phi) is 10.3. The van der Waals surface area contributed by atoms with E-state index in [0.717, 1.165) is 56.9 Å². The van der Waals surface area contributed by atoms with Crippen molar-refractivity contribution in [3.8, 4) is 0 Å². The van der Waals surface area contributed by atoms with Gasteiger partial charge in [0.05, 0.1) is 6.26 Å². The zero-order valence-electron chi connectivity index (χ0n) is 17.8. The van der Waals surface area contributed by atoms with Crippen LogP contribution in [-0.4, -0.2) is 86.0 Å². The molecule has 0 spiro atoms. The van der Waals surface area contributed by atoms with E-state index in [4.69, 9.17) is 4.42 Å². The fourth-order valence-corrected chi connectivity index (χ4v) is 4.05. The van der Waals surface area contributed by atoms with E-state index in [9.17, 15) is 4.79 Å². The first kappa shape index (κ1) is 24.0. The molecule has 1 aromatic heterocycles. The van der Waals surface area contributed by atoms with Crippen LogP contribution >= 0.6 is 24.0 Å². The molecule has 1 aliphatic heterocycles. The topological polar surface area (TPSA) is 64.3 Å². The summed E-state index contributed by atoms with van der Waals surface area (Å²) in [5.74, 6) is 1.81. The number of aliphatic imine (C=N–C) groups is 1. The number of hydrogen-bond acceptors (Lipinski definition) is 4. The molecule has 3 rings (SSSR count). The maximum atomic E-state index is 12.0. The van der Waals surface area contributed by atoms with Gasteiger partial charge in [-0.3, -0.25) is 9.69 Å². The zero-order chi connectivity index (χ0) is 19.8. The average molecular weight is 517 g/mol. The molecule has 2 fully saturated rings. The van der Waals surface area contributed by atoms with Crippen LogP contribution in [0.1, 0.15) is 37.9 Å². The zero-order valence-corrected chi connectivity index (χ0v) is 20.1. The Morgan fingerprint density at radius 1 is 1.21 bits per heavy atom. The van der Waals surface area contributed by atoms with E-state index in [1.807, 2.05) is 12.1 Å². The molecular weight excluding hydrogens is 481 g/mol. The van der Waals surface area contributed by atoms with Crippen LogP contribution < -0.4 is 5.32 Å².